The Morgan fingerprint density at radius 1 is 1.14 bits per heavy atom. The van der Waals surface area contributed by atoms with Crippen LogP contribution in [0.25, 0.3) is 10.9 Å². The van der Waals surface area contributed by atoms with Crippen LogP contribution in [-0.2, 0) is 31.5 Å². The summed E-state index contributed by atoms with van der Waals surface area (Å²) in [7, 11) is 3.53. The van der Waals surface area contributed by atoms with Crippen LogP contribution in [0.3, 0.4) is 0 Å². The van der Waals surface area contributed by atoms with Crippen LogP contribution in [0.5, 0.6) is 5.75 Å². The first-order valence-electron chi connectivity index (χ1n) is 12.7. The van der Waals surface area contributed by atoms with Crippen molar-refractivity contribution in [2.75, 3.05) is 20.2 Å². The summed E-state index contributed by atoms with van der Waals surface area (Å²) in [6, 6.07) is 15.9. The number of benzene rings is 2. The molecule has 2 aliphatic heterocycles. The van der Waals surface area contributed by atoms with Crippen molar-refractivity contribution in [2.45, 2.75) is 44.7 Å². The molecule has 2 aromatic carbocycles. The lowest BCUT2D eigenvalue weighted by Gasteiger charge is -2.32. The van der Waals surface area contributed by atoms with Crippen molar-refractivity contribution >= 4 is 16.8 Å². The smallest absolute Gasteiger partial charge is 0.272 e. The number of carbonyl (C=O) groups excluding carboxylic acids is 1. The van der Waals surface area contributed by atoms with Crippen LogP contribution >= 0.6 is 0 Å². The molecule has 0 bridgehead atoms. The van der Waals surface area contributed by atoms with Crippen molar-refractivity contribution in [2.24, 2.45) is 7.05 Å². The molecule has 2 aliphatic rings. The van der Waals surface area contributed by atoms with Crippen LogP contribution in [0.2, 0.25) is 0 Å². The Balaban J connectivity index is 1.03. The Kier molecular flexibility index (Phi) is 6.35. The molecule has 10 heteroatoms. The van der Waals surface area contributed by atoms with Gasteiger partial charge in [0, 0.05) is 38.1 Å². The standard InChI is InChI=1S/C27H31N7O3/c1-32-23-6-4-3-5-21(23)26(30-32)27(35)28-19-11-13-33(14-12-19)15-22-24-17-37-25(16-34(24)31-29-22)18-7-9-20(36-2)10-8-18/h3-10,19,25H,11-17H2,1-2H3,(H,28,35). The van der Waals surface area contributed by atoms with Crippen molar-refractivity contribution in [3.8, 4) is 5.75 Å². The molecule has 4 heterocycles. The highest BCUT2D eigenvalue weighted by Crippen LogP contribution is 2.29. The number of carbonyl (C=O) groups is 1. The summed E-state index contributed by atoms with van der Waals surface area (Å²) in [5.41, 5.74) is 4.56. The average molecular weight is 502 g/mol. The number of fused-ring (bicyclic) bond motifs is 2. The van der Waals surface area contributed by atoms with Gasteiger partial charge in [0.2, 0.25) is 0 Å². The Morgan fingerprint density at radius 2 is 1.92 bits per heavy atom. The second-order valence-electron chi connectivity index (χ2n) is 9.75. The number of hydrogen-bond acceptors (Lipinski definition) is 7. The number of rotatable bonds is 6. The fraction of sp³-hybridized carbons (Fsp3) is 0.407. The Morgan fingerprint density at radius 3 is 2.70 bits per heavy atom. The van der Waals surface area contributed by atoms with Gasteiger partial charge >= 0.3 is 0 Å². The second kappa shape index (κ2) is 9.95. The topological polar surface area (TPSA) is 99.3 Å². The number of amides is 1. The number of ether oxygens (including phenoxy) is 2. The van der Waals surface area contributed by atoms with E-state index < -0.39 is 0 Å². The van der Waals surface area contributed by atoms with E-state index in [4.69, 9.17) is 9.47 Å². The van der Waals surface area contributed by atoms with Crippen molar-refractivity contribution < 1.29 is 14.3 Å². The highest BCUT2D eigenvalue weighted by atomic mass is 16.5. The van der Waals surface area contributed by atoms with Crippen molar-refractivity contribution in [1.82, 2.24) is 35.0 Å². The number of para-hydroxylation sites is 1. The van der Waals surface area contributed by atoms with Crippen LogP contribution < -0.4 is 10.1 Å². The van der Waals surface area contributed by atoms with Gasteiger partial charge in [0.05, 0.1) is 31.5 Å². The van der Waals surface area contributed by atoms with Gasteiger partial charge in [0.25, 0.3) is 5.91 Å². The Bertz CT molecular complexity index is 1400. The van der Waals surface area contributed by atoms with Gasteiger partial charge < -0.3 is 14.8 Å². The summed E-state index contributed by atoms with van der Waals surface area (Å²) in [5.74, 6) is 0.725. The summed E-state index contributed by atoms with van der Waals surface area (Å²) in [4.78, 5) is 15.3. The van der Waals surface area contributed by atoms with E-state index in [1.807, 2.05) is 60.3 Å². The molecular weight excluding hydrogens is 470 g/mol. The molecule has 1 atom stereocenters. The zero-order chi connectivity index (χ0) is 25.4. The van der Waals surface area contributed by atoms with E-state index in [0.717, 1.165) is 66.1 Å². The number of piperidine rings is 1. The third kappa shape index (κ3) is 4.70. The summed E-state index contributed by atoms with van der Waals surface area (Å²) >= 11 is 0. The minimum atomic E-state index is -0.105. The number of hydrogen-bond donors (Lipinski definition) is 1. The zero-order valence-corrected chi connectivity index (χ0v) is 21.1. The first-order valence-corrected chi connectivity index (χ1v) is 12.7. The quantitative estimate of drug-likeness (QED) is 0.434. The van der Waals surface area contributed by atoms with Gasteiger partial charge in [-0.3, -0.25) is 14.4 Å². The molecule has 2 aromatic heterocycles. The SMILES string of the molecule is COc1ccc(C2Cn3nnc(CN4CCC(NC(=O)c5nn(C)c6ccccc56)CC4)c3CO2)cc1. The number of nitrogens with zero attached hydrogens (tertiary/aromatic N) is 6. The molecule has 0 radical (unpaired) electrons. The Hall–Kier alpha value is -3.76. The van der Waals surface area contributed by atoms with Gasteiger partial charge in [0.15, 0.2) is 5.69 Å². The highest BCUT2D eigenvalue weighted by molar-refractivity contribution is 6.04. The molecule has 1 fully saturated rings. The lowest BCUT2D eigenvalue weighted by atomic mass is 10.0. The first-order chi connectivity index (χ1) is 18.1. The van der Waals surface area contributed by atoms with E-state index >= 15 is 0 Å². The maximum Gasteiger partial charge on any atom is 0.272 e. The molecule has 0 spiro atoms. The maximum atomic E-state index is 13.0. The molecule has 1 amide bonds. The molecule has 4 aromatic rings. The van der Waals surface area contributed by atoms with Crippen LogP contribution in [0, 0.1) is 0 Å². The van der Waals surface area contributed by atoms with E-state index in [2.05, 4.69) is 25.6 Å². The molecule has 6 rings (SSSR count). The van der Waals surface area contributed by atoms with Crippen LogP contribution in [0.4, 0.5) is 0 Å². The zero-order valence-electron chi connectivity index (χ0n) is 21.1. The normalized spacial score (nSPS) is 18.6. The van der Waals surface area contributed by atoms with Gasteiger partial charge in [-0.25, -0.2) is 4.68 Å². The summed E-state index contributed by atoms with van der Waals surface area (Å²) in [6.45, 7) is 3.64. The maximum absolute atomic E-state index is 13.0. The van der Waals surface area contributed by atoms with E-state index in [1.165, 1.54) is 0 Å². The third-order valence-corrected chi connectivity index (χ3v) is 7.43. The van der Waals surface area contributed by atoms with Gasteiger partial charge in [-0.2, -0.15) is 5.10 Å². The van der Waals surface area contributed by atoms with E-state index in [9.17, 15) is 4.79 Å². The van der Waals surface area contributed by atoms with Gasteiger partial charge in [-0.1, -0.05) is 35.5 Å². The molecule has 1 unspecified atom stereocenters. The minimum Gasteiger partial charge on any atom is -0.497 e. The fourth-order valence-electron chi connectivity index (χ4n) is 5.29. The van der Waals surface area contributed by atoms with Crippen molar-refractivity contribution in [3.63, 3.8) is 0 Å². The summed E-state index contributed by atoms with van der Waals surface area (Å²) < 4.78 is 15.2. The van der Waals surface area contributed by atoms with E-state index in [-0.39, 0.29) is 18.1 Å². The minimum absolute atomic E-state index is 0.0523. The molecule has 10 nitrogen and oxygen atoms in total. The first kappa shape index (κ1) is 23.6. The number of aryl methyl sites for hydroxylation is 1. The lowest BCUT2D eigenvalue weighted by Crippen LogP contribution is -2.44. The Labute approximate surface area is 215 Å². The predicted octanol–water partition coefficient (Wildman–Crippen LogP) is 2.84. The largest absolute Gasteiger partial charge is 0.497 e. The van der Waals surface area contributed by atoms with Gasteiger partial charge in [-0.05, 0) is 36.6 Å². The van der Waals surface area contributed by atoms with E-state index in [0.29, 0.717) is 18.8 Å². The molecule has 0 aliphatic carbocycles. The average Bonchev–Trinajstić information content (AvgIpc) is 3.50. The number of nitrogens with one attached hydrogen (secondary N) is 1. The van der Waals surface area contributed by atoms with E-state index in [1.54, 1.807) is 11.8 Å². The van der Waals surface area contributed by atoms with Crippen LogP contribution in [-0.4, -0.2) is 61.8 Å². The predicted molar refractivity (Wildman–Crippen MR) is 137 cm³/mol. The number of methoxy groups -OCH3 is 1. The third-order valence-electron chi connectivity index (χ3n) is 7.43. The van der Waals surface area contributed by atoms with Gasteiger partial charge in [0.1, 0.15) is 17.5 Å². The van der Waals surface area contributed by atoms with Crippen LogP contribution in [0.1, 0.15) is 46.4 Å². The highest BCUT2D eigenvalue weighted by Gasteiger charge is 2.28. The van der Waals surface area contributed by atoms with Gasteiger partial charge in [-0.15, -0.1) is 5.10 Å². The molecular formula is C27H31N7O3. The summed E-state index contributed by atoms with van der Waals surface area (Å²) in [5, 5.41) is 17.4. The van der Waals surface area contributed by atoms with Crippen molar-refractivity contribution in [3.05, 3.63) is 71.2 Å². The second-order valence-corrected chi connectivity index (χ2v) is 9.75. The number of aromatic nitrogens is 5. The molecule has 1 saturated heterocycles. The summed E-state index contributed by atoms with van der Waals surface area (Å²) in [6.07, 6.45) is 1.72. The van der Waals surface area contributed by atoms with Crippen molar-refractivity contribution in [1.29, 1.82) is 0 Å². The molecule has 0 saturated carbocycles. The van der Waals surface area contributed by atoms with Crippen LogP contribution in [0.15, 0.2) is 48.5 Å². The molecule has 37 heavy (non-hydrogen) atoms. The monoisotopic (exact) mass is 501 g/mol. The fourth-order valence-corrected chi connectivity index (χ4v) is 5.29. The molecule has 192 valence electrons. The lowest BCUT2D eigenvalue weighted by molar-refractivity contribution is -0.00218. The molecule has 1 N–H and O–H groups in total. The number of likely N-dealkylation sites (tertiary alicyclic amines) is 1.